The molecule has 7 nitrogen and oxygen atoms in total. The molecule has 0 saturated carbocycles. The molecule has 0 unspecified atom stereocenters. The van der Waals surface area contributed by atoms with E-state index >= 15 is 0 Å². The number of carbonyl (C=O) groups is 2. The molecule has 0 aliphatic heterocycles. The Balaban J connectivity index is 1.62. The summed E-state index contributed by atoms with van der Waals surface area (Å²) in [6.45, 7) is -0.533. The minimum Gasteiger partial charge on any atom is -0.452 e. The van der Waals surface area contributed by atoms with Crippen LogP contribution in [-0.2, 0) is 16.0 Å². The number of nitrogens with zero attached hydrogens (tertiary/aromatic N) is 1. The summed E-state index contributed by atoms with van der Waals surface area (Å²) in [6.07, 6.45) is 0.630. The number of hydrogen-bond donors (Lipinski definition) is 1. The Labute approximate surface area is 177 Å². The number of halogens is 1. The van der Waals surface area contributed by atoms with Crippen LogP contribution in [0.25, 0.3) is 0 Å². The second kappa shape index (κ2) is 9.67. The van der Waals surface area contributed by atoms with Crippen LogP contribution in [0.3, 0.4) is 0 Å². The third-order valence-corrected chi connectivity index (χ3v) is 4.56. The van der Waals surface area contributed by atoms with Crippen LogP contribution < -0.4 is 5.32 Å². The number of nitrogens with one attached hydrogen (secondary N) is 1. The van der Waals surface area contributed by atoms with Gasteiger partial charge in [0.15, 0.2) is 6.61 Å². The van der Waals surface area contributed by atoms with Gasteiger partial charge in [-0.1, -0.05) is 60.1 Å². The standard InChI is InChI=1S/C22H17ClN2O5/c23-18-11-10-17(13-20(18)25(28)29)22(27)30-14-21(26)24-19-9-5-4-8-16(19)12-15-6-2-1-3-7-15/h1-11,13H,12,14H2,(H,24,26). The smallest absolute Gasteiger partial charge is 0.338 e. The maximum atomic E-state index is 12.3. The first-order valence-corrected chi connectivity index (χ1v) is 9.34. The molecule has 3 aromatic rings. The number of carbonyl (C=O) groups excluding carboxylic acids is 2. The summed E-state index contributed by atoms with van der Waals surface area (Å²) in [5.74, 6) is -1.38. The van der Waals surface area contributed by atoms with Crippen molar-refractivity contribution >= 4 is 34.9 Å². The summed E-state index contributed by atoms with van der Waals surface area (Å²) in [5.41, 5.74) is 2.14. The van der Waals surface area contributed by atoms with Gasteiger partial charge in [0.1, 0.15) is 5.02 Å². The molecule has 0 atom stereocenters. The molecule has 0 bridgehead atoms. The first kappa shape index (κ1) is 21.0. The Kier molecular flexibility index (Phi) is 6.77. The maximum Gasteiger partial charge on any atom is 0.338 e. The molecule has 0 fully saturated rings. The van der Waals surface area contributed by atoms with Crippen LogP contribution >= 0.6 is 11.6 Å². The van der Waals surface area contributed by atoms with Crippen LogP contribution in [0.2, 0.25) is 5.02 Å². The Bertz CT molecular complexity index is 1090. The monoisotopic (exact) mass is 424 g/mol. The van der Waals surface area contributed by atoms with Gasteiger partial charge in [0.05, 0.1) is 10.5 Å². The Morgan fingerprint density at radius 2 is 1.70 bits per heavy atom. The van der Waals surface area contributed by atoms with Gasteiger partial charge in [0.2, 0.25) is 0 Å². The van der Waals surface area contributed by atoms with Gasteiger partial charge in [-0.3, -0.25) is 14.9 Å². The average Bonchev–Trinajstić information content (AvgIpc) is 2.74. The fourth-order valence-corrected chi connectivity index (χ4v) is 2.98. The second-order valence-electron chi connectivity index (χ2n) is 6.37. The fourth-order valence-electron chi connectivity index (χ4n) is 2.79. The predicted octanol–water partition coefficient (Wildman–Crippen LogP) is 4.63. The van der Waals surface area contributed by atoms with Gasteiger partial charge in [-0.2, -0.15) is 0 Å². The van der Waals surface area contributed by atoms with E-state index in [0.29, 0.717) is 12.1 Å². The number of ether oxygens (including phenoxy) is 1. The third-order valence-electron chi connectivity index (χ3n) is 4.24. The van der Waals surface area contributed by atoms with Crippen molar-refractivity contribution in [3.63, 3.8) is 0 Å². The number of rotatable bonds is 7. The summed E-state index contributed by atoms with van der Waals surface area (Å²) in [7, 11) is 0. The van der Waals surface area contributed by atoms with Crippen LogP contribution in [0.5, 0.6) is 0 Å². The van der Waals surface area contributed by atoms with Crippen molar-refractivity contribution in [1.29, 1.82) is 0 Å². The van der Waals surface area contributed by atoms with E-state index in [1.807, 2.05) is 42.5 Å². The summed E-state index contributed by atoms with van der Waals surface area (Å²) in [6, 6.07) is 20.7. The molecule has 3 aromatic carbocycles. The first-order chi connectivity index (χ1) is 14.4. The molecule has 0 radical (unpaired) electrons. The van der Waals surface area contributed by atoms with Gasteiger partial charge in [0, 0.05) is 11.8 Å². The van der Waals surface area contributed by atoms with Crippen molar-refractivity contribution in [3.8, 4) is 0 Å². The summed E-state index contributed by atoms with van der Waals surface area (Å²) >= 11 is 5.73. The van der Waals surface area contributed by atoms with E-state index in [2.05, 4.69) is 5.32 Å². The molecule has 1 N–H and O–H groups in total. The van der Waals surface area contributed by atoms with Crippen LogP contribution in [0.4, 0.5) is 11.4 Å². The van der Waals surface area contributed by atoms with E-state index in [-0.39, 0.29) is 10.6 Å². The molecule has 152 valence electrons. The van der Waals surface area contributed by atoms with Crippen molar-refractivity contribution < 1.29 is 19.2 Å². The summed E-state index contributed by atoms with van der Waals surface area (Å²) < 4.78 is 4.98. The number of para-hydroxylation sites is 1. The molecule has 0 saturated heterocycles. The van der Waals surface area contributed by atoms with Crippen molar-refractivity contribution in [3.05, 3.63) is 105 Å². The SMILES string of the molecule is O=C(COC(=O)c1ccc(Cl)c([N+](=O)[O-])c1)Nc1ccccc1Cc1ccccc1. The van der Waals surface area contributed by atoms with Gasteiger partial charge >= 0.3 is 5.97 Å². The van der Waals surface area contributed by atoms with Crippen LogP contribution in [0.1, 0.15) is 21.5 Å². The molecule has 0 spiro atoms. The van der Waals surface area contributed by atoms with Crippen LogP contribution in [0, 0.1) is 10.1 Å². The summed E-state index contributed by atoms with van der Waals surface area (Å²) in [4.78, 5) is 34.6. The second-order valence-corrected chi connectivity index (χ2v) is 6.77. The molecule has 0 aliphatic rings. The lowest BCUT2D eigenvalue weighted by atomic mass is 10.0. The number of hydrogen-bond acceptors (Lipinski definition) is 5. The Morgan fingerprint density at radius 3 is 2.43 bits per heavy atom. The zero-order valence-electron chi connectivity index (χ0n) is 15.7. The number of nitro groups is 1. The quantitative estimate of drug-likeness (QED) is 0.338. The van der Waals surface area contributed by atoms with Gasteiger partial charge < -0.3 is 10.1 Å². The predicted molar refractivity (Wildman–Crippen MR) is 113 cm³/mol. The highest BCUT2D eigenvalue weighted by Gasteiger charge is 2.18. The first-order valence-electron chi connectivity index (χ1n) is 8.97. The van der Waals surface area contributed by atoms with E-state index in [4.69, 9.17) is 16.3 Å². The molecule has 3 rings (SSSR count). The molecule has 30 heavy (non-hydrogen) atoms. The largest absolute Gasteiger partial charge is 0.452 e. The summed E-state index contributed by atoms with van der Waals surface area (Å²) in [5, 5.41) is 13.6. The lowest BCUT2D eigenvalue weighted by molar-refractivity contribution is -0.384. The van der Waals surface area contributed by atoms with Crippen molar-refractivity contribution in [2.24, 2.45) is 0 Å². The number of benzene rings is 3. The van der Waals surface area contributed by atoms with Gasteiger partial charge in [-0.25, -0.2) is 4.79 Å². The fraction of sp³-hybridized carbons (Fsp3) is 0.0909. The third kappa shape index (κ3) is 5.42. The molecular formula is C22H17ClN2O5. The van der Waals surface area contributed by atoms with E-state index < -0.39 is 29.1 Å². The number of anilines is 1. The van der Waals surface area contributed by atoms with Crippen LogP contribution in [-0.4, -0.2) is 23.4 Å². The zero-order valence-corrected chi connectivity index (χ0v) is 16.5. The van der Waals surface area contributed by atoms with Crippen molar-refractivity contribution in [2.45, 2.75) is 6.42 Å². The molecule has 1 amide bonds. The highest BCUT2D eigenvalue weighted by atomic mass is 35.5. The average molecular weight is 425 g/mol. The topological polar surface area (TPSA) is 98.5 Å². The molecule has 0 aromatic heterocycles. The number of amides is 1. The van der Waals surface area contributed by atoms with Crippen molar-refractivity contribution in [1.82, 2.24) is 0 Å². The highest BCUT2D eigenvalue weighted by molar-refractivity contribution is 6.32. The van der Waals surface area contributed by atoms with E-state index in [1.54, 1.807) is 12.1 Å². The van der Waals surface area contributed by atoms with E-state index in [0.717, 1.165) is 17.2 Å². The minimum atomic E-state index is -0.859. The van der Waals surface area contributed by atoms with E-state index in [9.17, 15) is 19.7 Å². The van der Waals surface area contributed by atoms with E-state index in [1.165, 1.54) is 12.1 Å². The Hall–Kier alpha value is -3.71. The van der Waals surface area contributed by atoms with Crippen molar-refractivity contribution in [2.75, 3.05) is 11.9 Å². The molecule has 0 aliphatic carbocycles. The number of nitro benzene ring substituents is 1. The lowest BCUT2D eigenvalue weighted by Gasteiger charge is -2.11. The van der Waals surface area contributed by atoms with Crippen LogP contribution in [0.15, 0.2) is 72.8 Å². The highest BCUT2D eigenvalue weighted by Crippen LogP contribution is 2.25. The molecule has 0 heterocycles. The molecular weight excluding hydrogens is 408 g/mol. The zero-order chi connectivity index (χ0) is 21.5. The van der Waals surface area contributed by atoms with Gasteiger partial charge in [-0.15, -0.1) is 0 Å². The number of esters is 1. The molecule has 8 heteroatoms. The minimum absolute atomic E-state index is 0.0663. The normalized spacial score (nSPS) is 10.3. The van der Waals surface area contributed by atoms with Gasteiger partial charge in [0.25, 0.3) is 11.6 Å². The lowest BCUT2D eigenvalue weighted by Crippen LogP contribution is -2.21. The van der Waals surface area contributed by atoms with Gasteiger partial charge in [-0.05, 0) is 35.7 Å². The maximum absolute atomic E-state index is 12.3. The Morgan fingerprint density at radius 1 is 1.00 bits per heavy atom.